The molecule has 19 heavy (non-hydrogen) atoms. The average Bonchev–Trinajstić information content (AvgIpc) is 3.05. The van der Waals surface area contributed by atoms with Gasteiger partial charge in [0, 0.05) is 25.2 Å². The first-order valence-corrected chi connectivity index (χ1v) is 8.58. The van der Waals surface area contributed by atoms with E-state index in [9.17, 15) is 8.42 Å². The quantitative estimate of drug-likeness (QED) is 0.630. The van der Waals surface area contributed by atoms with Gasteiger partial charge in [0.1, 0.15) is 0 Å². The topological polar surface area (TPSA) is 61.4 Å². The minimum Gasteiger partial charge on any atom is -0.314 e. The van der Waals surface area contributed by atoms with E-state index in [-0.39, 0.29) is 5.54 Å². The Labute approximate surface area is 118 Å². The fraction of sp³-hybridized carbons (Fsp3) is 1.00. The molecule has 5 nitrogen and oxygen atoms in total. The minimum absolute atomic E-state index is 0.330. The Kier molecular flexibility index (Phi) is 5.79. The maximum absolute atomic E-state index is 12.2. The second-order valence-electron chi connectivity index (χ2n) is 6.39. The molecule has 1 aliphatic rings. The van der Waals surface area contributed by atoms with Gasteiger partial charge in [0.2, 0.25) is 0 Å². The summed E-state index contributed by atoms with van der Waals surface area (Å²) in [5.74, 6) is 0.485. The zero-order chi connectivity index (χ0) is 14.7. The molecular weight excluding hydrogens is 262 g/mol. The predicted molar refractivity (Wildman–Crippen MR) is 79.2 cm³/mol. The van der Waals surface area contributed by atoms with Crippen LogP contribution in [0.2, 0.25) is 0 Å². The van der Waals surface area contributed by atoms with Crippen molar-refractivity contribution in [2.45, 2.75) is 58.5 Å². The summed E-state index contributed by atoms with van der Waals surface area (Å²) in [4.78, 5) is 0. The third-order valence-corrected chi connectivity index (χ3v) is 5.39. The van der Waals surface area contributed by atoms with Crippen molar-refractivity contribution < 1.29 is 8.42 Å². The molecule has 0 aliphatic heterocycles. The molecule has 0 bridgehead atoms. The van der Waals surface area contributed by atoms with Gasteiger partial charge >= 0.3 is 0 Å². The molecule has 0 aromatic heterocycles. The summed E-state index contributed by atoms with van der Waals surface area (Å²) in [5, 5.41) is 3.29. The third-order valence-electron chi connectivity index (χ3n) is 3.60. The van der Waals surface area contributed by atoms with Gasteiger partial charge in [-0.3, -0.25) is 0 Å². The van der Waals surface area contributed by atoms with Gasteiger partial charge in [0.15, 0.2) is 0 Å². The molecule has 1 fully saturated rings. The lowest BCUT2D eigenvalue weighted by Crippen LogP contribution is -2.50. The van der Waals surface area contributed by atoms with Gasteiger partial charge in [-0.05, 0) is 45.6 Å². The average molecular weight is 291 g/mol. The van der Waals surface area contributed by atoms with Crippen molar-refractivity contribution in [3.63, 3.8) is 0 Å². The molecule has 0 atom stereocenters. The zero-order valence-corrected chi connectivity index (χ0v) is 13.7. The lowest BCUT2D eigenvalue weighted by atomic mass is 10.0. The number of nitrogens with one attached hydrogen (secondary N) is 2. The molecule has 114 valence electrons. The molecule has 2 N–H and O–H groups in total. The number of rotatable bonds is 9. The van der Waals surface area contributed by atoms with E-state index >= 15 is 0 Å². The summed E-state index contributed by atoms with van der Waals surface area (Å²) in [6, 6.07) is 0.439. The van der Waals surface area contributed by atoms with Gasteiger partial charge in [-0.25, -0.2) is 0 Å². The van der Waals surface area contributed by atoms with Gasteiger partial charge < -0.3 is 5.32 Å². The molecule has 0 spiro atoms. The lowest BCUT2D eigenvalue weighted by molar-refractivity contribution is 0.371. The number of nitrogens with zero attached hydrogens (tertiary/aromatic N) is 1. The fourth-order valence-corrected chi connectivity index (χ4v) is 3.47. The number of hydrogen-bond acceptors (Lipinski definition) is 3. The van der Waals surface area contributed by atoms with Crippen LogP contribution in [0, 0.1) is 5.92 Å². The molecular formula is C13H29N3O2S. The van der Waals surface area contributed by atoms with Crippen molar-refractivity contribution in [2.24, 2.45) is 5.92 Å². The van der Waals surface area contributed by atoms with E-state index in [4.69, 9.17) is 0 Å². The first kappa shape index (κ1) is 16.9. The Balaban J connectivity index is 2.38. The van der Waals surface area contributed by atoms with E-state index in [1.807, 2.05) is 13.8 Å². The number of hydrogen-bond donors (Lipinski definition) is 2. The van der Waals surface area contributed by atoms with Crippen LogP contribution in [0.25, 0.3) is 0 Å². The summed E-state index contributed by atoms with van der Waals surface area (Å²) in [7, 11) is -1.73. The smallest absolute Gasteiger partial charge is 0.279 e. The van der Waals surface area contributed by atoms with Crippen molar-refractivity contribution in [2.75, 3.05) is 20.1 Å². The van der Waals surface area contributed by atoms with Crippen molar-refractivity contribution in [1.29, 1.82) is 0 Å². The van der Waals surface area contributed by atoms with E-state index in [0.29, 0.717) is 18.5 Å². The van der Waals surface area contributed by atoms with Crippen LogP contribution < -0.4 is 10.0 Å². The second kappa shape index (κ2) is 6.52. The highest BCUT2D eigenvalue weighted by molar-refractivity contribution is 7.87. The van der Waals surface area contributed by atoms with Gasteiger partial charge in [-0.15, -0.1) is 0 Å². The largest absolute Gasteiger partial charge is 0.314 e. The van der Waals surface area contributed by atoms with Crippen LogP contribution in [-0.2, 0) is 10.2 Å². The molecule has 6 heteroatoms. The maximum Gasteiger partial charge on any atom is 0.279 e. The summed E-state index contributed by atoms with van der Waals surface area (Å²) in [5.41, 5.74) is -0.330. The molecule has 0 amide bonds. The Morgan fingerprint density at radius 2 is 1.89 bits per heavy atom. The molecule has 1 saturated carbocycles. The maximum atomic E-state index is 12.2. The molecule has 0 saturated heterocycles. The molecule has 1 rings (SSSR count). The summed E-state index contributed by atoms with van der Waals surface area (Å²) >= 11 is 0. The Morgan fingerprint density at radius 1 is 1.32 bits per heavy atom. The first-order chi connectivity index (χ1) is 8.65. The normalized spacial score (nSPS) is 17.4. The molecule has 0 aromatic carbocycles. The minimum atomic E-state index is -3.37. The summed E-state index contributed by atoms with van der Waals surface area (Å²) in [6.45, 7) is 9.48. The molecule has 0 unspecified atom stereocenters. The highest BCUT2D eigenvalue weighted by Crippen LogP contribution is 2.39. The van der Waals surface area contributed by atoms with E-state index < -0.39 is 10.2 Å². The second-order valence-corrected chi connectivity index (χ2v) is 8.16. The van der Waals surface area contributed by atoms with E-state index in [0.717, 1.165) is 25.8 Å². The van der Waals surface area contributed by atoms with Crippen LogP contribution in [0.3, 0.4) is 0 Å². The van der Waals surface area contributed by atoms with Crippen LogP contribution in [0.5, 0.6) is 0 Å². The van der Waals surface area contributed by atoms with Gasteiger partial charge in [0.25, 0.3) is 10.2 Å². The Hall–Kier alpha value is -0.170. The van der Waals surface area contributed by atoms with E-state index in [1.165, 1.54) is 4.31 Å². The van der Waals surface area contributed by atoms with Crippen LogP contribution in [0.1, 0.15) is 47.0 Å². The summed E-state index contributed by atoms with van der Waals surface area (Å²) in [6.07, 6.45) is 3.06. The monoisotopic (exact) mass is 291 g/mol. The van der Waals surface area contributed by atoms with Gasteiger partial charge in [-0.1, -0.05) is 13.8 Å². The fourth-order valence-electron chi connectivity index (χ4n) is 2.11. The van der Waals surface area contributed by atoms with Gasteiger partial charge in [0.05, 0.1) is 0 Å². The van der Waals surface area contributed by atoms with Crippen molar-refractivity contribution in [3.05, 3.63) is 0 Å². The van der Waals surface area contributed by atoms with E-state index in [1.54, 1.807) is 7.05 Å². The Morgan fingerprint density at radius 3 is 2.37 bits per heavy atom. The Bertz CT molecular complexity index is 375. The third kappa shape index (κ3) is 5.77. The zero-order valence-electron chi connectivity index (χ0n) is 12.9. The van der Waals surface area contributed by atoms with Gasteiger partial charge in [-0.2, -0.15) is 17.4 Å². The van der Waals surface area contributed by atoms with Crippen LogP contribution in [-0.4, -0.2) is 44.4 Å². The van der Waals surface area contributed by atoms with Crippen LogP contribution in [0.15, 0.2) is 0 Å². The van der Waals surface area contributed by atoms with Crippen LogP contribution in [0.4, 0.5) is 0 Å². The molecule has 0 aromatic rings. The van der Waals surface area contributed by atoms with E-state index in [2.05, 4.69) is 23.9 Å². The molecule has 0 radical (unpaired) electrons. The predicted octanol–water partition coefficient (Wildman–Crippen LogP) is 1.33. The standard InChI is InChI=1S/C13H29N3O2S/c1-11(2)14-9-6-10-16(5)19(17,18)15-13(3,4)12-7-8-12/h11-12,14-15H,6-10H2,1-5H3. The van der Waals surface area contributed by atoms with Crippen LogP contribution >= 0.6 is 0 Å². The highest BCUT2D eigenvalue weighted by atomic mass is 32.2. The molecule has 1 aliphatic carbocycles. The molecule has 0 heterocycles. The lowest BCUT2D eigenvalue weighted by Gasteiger charge is -2.29. The van der Waals surface area contributed by atoms with Crippen molar-refractivity contribution in [1.82, 2.24) is 14.3 Å². The highest BCUT2D eigenvalue weighted by Gasteiger charge is 2.41. The SMILES string of the molecule is CC(C)NCCCN(C)S(=O)(=O)NC(C)(C)C1CC1. The van der Waals surface area contributed by atoms with Crippen molar-refractivity contribution in [3.8, 4) is 0 Å². The first-order valence-electron chi connectivity index (χ1n) is 7.14. The van der Waals surface area contributed by atoms with Crippen molar-refractivity contribution >= 4 is 10.2 Å². The summed E-state index contributed by atoms with van der Waals surface area (Å²) < 4.78 is 28.6.